The number of aldehydes is 2. The summed E-state index contributed by atoms with van der Waals surface area (Å²) in [5.74, 6) is -3.06. The summed E-state index contributed by atoms with van der Waals surface area (Å²) in [5.41, 5.74) is 0. The second-order valence-electron chi connectivity index (χ2n) is 10.1. The van der Waals surface area contributed by atoms with Crippen molar-refractivity contribution in [2.75, 3.05) is 13.2 Å². The fourth-order valence-corrected chi connectivity index (χ4v) is 5.23. The van der Waals surface area contributed by atoms with Gasteiger partial charge in [-0.15, -0.1) is 0 Å². The van der Waals surface area contributed by atoms with Crippen LogP contribution in [0.5, 0.6) is 0 Å². The van der Waals surface area contributed by atoms with Gasteiger partial charge in [0, 0.05) is 27.7 Å². The zero-order chi connectivity index (χ0) is 31.3. The zero-order valence-corrected chi connectivity index (χ0v) is 23.9. The van der Waals surface area contributed by atoms with Crippen LogP contribution in [0.4, 0.5) is 0 Å². The van der Waals surface area contributed by atoms with E-state index in [1.165, 1.54) is 0 Å². The predicted molar refractivity (Wildman–Crippen MR) is 131 cm³/mol. The summed E-state index contributed by atoms with van der Waals surface area (Å²) in [6.45, 7) is 4.26. The van der Waals surface area contributed by atoms with Crippen LogP contribution in [0, 0.1) is 0 Å². The molecule has 4 aliphatic rings. The maximum absolute atomic E-state index is 12.2. The highest BCUT2D eigenvalue weighted by Crippen LogP contribution is 2.37. The Morgan fingerprint density at radius 2 is 0.930 bits per heavy atom. The number of ether oxygens (including phenoxy) is 11. The summed E-state index contributed by atoms with van der Waals surface area (Å²) in [4.78, 5) is 70.6. The van der Waals surface area contributed by atoms with Crippen molar-refractivity contribution in [3.8, 4) is 0 Å². The Hall–Kier alpha value is -3.06. The van der Waals surface area contributed by atoms with Gasteiger partial charge in [-0.1, -0.05) is 0 Å². The molecule has 0 amide bonds. The van der Waals surface area contributed by atoms with Crippen LogP contribution in [0.1, 0.15) is 40.5 Å². The molecule has 4 aliphatic heterocycles. The van der Waals surface area contributed by atoms with Gasteiger partial charge >= 0.3 is 23.9 Å². The summed E-state index contributed by atoms with van der Waals surface area (Å²) in [7, 11) is 0. The predicted octanol–water partition coefficient (Wildman–Crippen LogP) is -1.16. The second-order valence-corrected chi connectivity index (χ2v) is 10.1. The highest BCUT2D eigenvalue weighted by Gasteiger charge is 2.58. The SMILES string of the molecule is CC(=O)O[C@@H]1[C@@H](OC(C)=O)[C@@H](O[C@H]2O[C@@H]3COC(CC=O)O[C@H]3[C@H](OC(C)=O)[C@H]2OC(C)=O)O[C@@H]2COC(CC=O)O[C@@H]12. The van der Waals surface area contributed by atoms with E-state index in [4.69, 9.17) is 52.1 Å². The Kier molecular flexibility index (Phi) is 11.2. The Bertz CT molecular complexity index is 969. The average molecular weight is 619 g/mol. The third-order valence-corrected chi connectivity index (χ3v) is 6.75. The first kappa shape index (κ1) is 32.8. The van der Waals surface area contributed by atoms with E-state index in [0.29, 0.717) is 12.6 Å². The fourth-order valence-electron chi connectivity index (χ4n) is 5.23. The summed E-state index contributed by atoms with van der Waals surface area (Å²) in [6, 6.07) is 0. The van der Waals surface area contributed by atoms with Crippen LogP contribution < -0.4 is 0 Å². The number of hydrogen-bond acceptors (Lipinski definition) is 17. The second kappa shape index (κ2) is 14.6. The van der Waals surface area contributed by atoms with E-state index >= 15 is 0 Å². The van der Waals surface area contributed by atoms with Crippen molar-refractivity contribution >= 4 is 36.4 Å². The topological polar surface area (TPSA) is 204 Å². The molecule has 0 N–H and O–H groups in total. The number of hydrogen-bond donors (Lipinski definition) is 0. The van der Waals surface area contributed by atoms with E-state index in [2.05, 4.69) is 0 Å². The first-order valence-electron chi connectivity index (χ1n) is 13.6. The molecule has 4 saturated heterocycles. The highest BCUT2D eigenvalue weighted by atomic mass is 16.8. The molecule has 0 aromatic rings. The monoisotopic (exact) mass is 618 g/mol. The van der Waals surface area contributed by atoms with E-state index in [0.717, 1.165) is 27.7 Å². The molecule has 17 nitrogen and oxygen atoms in total. The number of carbonyl (C=O) groups excluding carboxylic acids is 6. The van der Waals surface area contributed by atoms with Gasteiger partial charge in [0.25, 0.3) is 0 Å². The van der Waals surface area contributed by atoms with Crippen LogP contribution in [-0.2, 0) is 80.9 Å². The lowest BCUT2D eigenvalue weighted by Gasteiger charge is -2.51. The van der Waals surface area contributed by atoms with Crippen molar-refractivity contribution in [1.82, 2.24) is 0 Å². The van der Waals surface area contributed by atoms with E-state index in [-0.39, 0.29) is 26.1 Å². The Balaban J connectivity index is 1.65. The summed E-state index contributed by atoms with van der Waals surface area (Å²) in [6.07, 6.45) is -13.5. The van der Waals surface area contributed by atoms with Gasteiger partial charge in [-0.2, -0.15) is 0 Å². The Morgan fingerprint density at radius 3 is 1.26 bits per heavy atom. The normalized spacial score (nSPS) is 38.8. The molecule has 0 aromatic heterocycles. The van der Waals surface area contributed by atoms with Gasteiger partial charge in [-0.3, -0.25) is 19.2 Å². The lowest BCUT2D eigenvalue weighted by molar-refractivity contribution is -0.409. The molecular weight excluding hydrogens is 584 g/mol. The highest BCUT2D eigenvalue weighted by molar-refractivity contribution is 5.68. The molecule has 0 aliphatic carbocycles. The molecule has 240 valence electrons. The van der Waals surface area contributed by atoms with Crippen LogP contribution in [0.25, 0.3) is 0 Å². The number of esters is 4. The van der Waals surface area contributed by atoms with Crippen molar-refractivity contribution in [2.45, 2.75) is 115 Å². The molecule has 2 unspecified atom stereocenters. The van der Waals surface area contributed by atoms with Gasteiger partial charge in [0.15, 0.2) is 37.0 Å². The lowest BCUT2D eigenvalue weighted by Crippen LogP contribution is -2.68. The fraction of sp³-hybridized carbons (Fsp3) is 0.769. The zero-order valence-electron chi connectivity index (χ0n) is 23.9. The molecule has 43 heavy (non-hydrogen) atoms. The molecular formula is C26H34O17. The van der Waals surface area contributed by atoms with Crippen LogP contribution in [-0.4, -0.2) is 124 Å². The van der Waals surface area contributed by atoms with Crippen molar-refractivity contribution in [1.29, 1.82) is 0 Å². The largest absolute Gasteiger partial charge is 0.455 e. The third-order valence-electron chi connectivity index (χ3n) is 6.75. The van der Waals surface area contributed by atoms with Gasteiger partial charge in [0.05, 0.1) is 26.1 Å². The molecule has 0 aromatic carbocycles. The van der Waals surface area contributed by atoms with E-state index in [1.54, 1.807) is 0 Å². The summed E-state index contributed by atoms with van der Waals surface area (Å²) in [5, 5.41) is 0. The van der Waals surface area contributed by atoms with Crippen LogP contribution in [0.3, 0.4) is 0 Å². The van der Waals surface area contributed by atoms with Crippen LogP contribution >= 0.6 is 0 Å². The quantitative estimate of drug-likeness (QED) is 0.161. The van der Waals surface area contributed by atoms with E-state index in [1.807, 2.05) is 0 Å². The number of fused-ring (bicyclic) bond motifs is 2. The minimum atomic E-state index is -1.53. The maximum Gasteiger partial charge on any atom is 0.303 e. The molecule has 4 rings (SSSR count). The van der Waals surface area contributed by atoms with Crippen LogP contribution in [0.15, 0.2) is 0 Å². The molecule has 17 heteroatoms. The third kappa shape index (κ3) is 8.11. The molecule has 4 fully saturated rings. The Labute approximate surface area is 245 Å². The van der Waals surface area contributed by atoms with Crippen molar-refractivity contribution in [2.24, 2.45) is 0 Å². The standard InChI is InChI=1S/C26H34O17/c1-11(29)35-21-19-15(9-33-17(41-19)5-7-27)39-25(23(21)37-13(3)31)43-26-24(38-14(4)32)22(36-12(2)30)20-16(40-26)10-34-18(42-20)6-8-28/h7-8,15-26H,5-6,9-10H2,1-4H3/t15-,16-,17?,18?,19-,20-,21+,22+,23-,24-,25-,26-/m1/s1. The summed E-state index contributed by atoms with van der Waals surface area (Å²) < 4.78 is 62.8. The molecule has 0 bridgehead atoms. The minimum Gasteiger partial charge on any atom is -0.455 e. The van der Waals surface area contributed by atoms with Crippen molar-refractivity contribution in [3.05, 3.63) is 0 Å². The van der Waals surface area contributed by atoms with Gasteiger partial charge in [0.1, 0.15) is 37.0 Å². The van der Waals surface area contributed by atoms with Crippen LogP contribution in [0.2, 0.25) is 0 Å². The minimum absolute atomic E-state index is 0.118. The van der Waals surface area contributed by atoms with Gasteiger partial charge in [-0.25, -0.2) is 0 Å². The average Bonchev–Trinajstić information content (AvgIpc) is 2.92. The number of rotatable bonds is 10. The van der Waals surface area contributed by atoms with E-state index in [9.17, 15) is 28.8 Å². The smallest absolute Gasteiger partial charge is 0.303 e. The molecule has 4 heterocycles. The van der Waals surface area contributed by atoms with E-state index < -0.39 is 97.9 Å². The Morgan fingerprint density at radius 1 is 0.581 bits per heavy atom. The molecule has 0 saturated carbocycles. The van der Waals surface area contributed by atoms with Gasteiger partial charge in [-0.05, 0) is 0 Å². The number of carbonyl (C=O) groups is 6. The molecule has 0 radical (unpaired) electrons. The van der Waals surface area contributed by atoms with Crippen molar-refractivity contribution < 1.29 is 80.9 Å². The maximum atomic E-state index is 12.2. The van der Waals surface area contributed by atoms with Gasteiger partial charge in [0.2, 0.25) is 12.6 Å². The lowest BCUT2D eigenvalue weighted by atomic mass is 9.96. The first-order valence-corrected chi connectivity index (χ1v) is 13.6. The van der Waals surface area contributed by atoms with Gasteiger partial charge < -0.3 is 61.7 Å². The molecule has 0 spiro atoms. The first-order chi connectivity index (χ1) is 20.5. The molecule has 12 atom stereocenters. The summed E-state index contributed by atoms with van der Waals surface area (Å²) >= 11 is 0. The van der Waals surface area contributed by atoms with Crippen molar-refractivity contribution in [3.63, 3.8) is 0 Å².